The molecule has 2 aromatic rings. The molecule has 0 bridgehead atoms. The molecule has 0 spiro atoms. The van der Waals surface area contributed by atoms with E-state index in [2.05, 4.69) is 0 Å². The van der Waals surface area contributed by atoms with Crippen molar-refractivity contribution in [3.63, 3.8) is 0 Å². The maximum absolute atomic E-state index is 12.1. The molecular weight excluding hydrogens is 228 g/mol. The van der Waals surface area contributed by atoms with Crippen LogP contribution in [0.3, 0.4) is 0 Å². The van der Waals surface area contributed by atoms with Crippen LogP contribution in [0.25, 0.3) is 0 Å². The first kappa shape index (κ1) is 12.4. The Morgan fingerprint density at radius 2 is 2.06 bits per heavy atom. The van der Waals surface area contributed by atoms with Gasteiger partial charge in [-0.3, -0.25) is 4.79 Å². The number of hydrogen-bond acceptors (Lipinski definition) is 3. The number of carbonyl (C=O) groups excluding carboxylic acids is 1. The van der Waals surface area contributed by atoms with Gasteiger partial charge in [0.1, 0.15) is 17.3 Å². The largest absolute Gasteiger partial charge is 0.497 e. The molecule has 0 aliphatic carbocycles. The van der Waals surface area contributed by atoms with Gasteiger partial charge >= 0.3 is 0 Å². The molecular formula is C15H16O3. The summed E-state index contributed by atoms with van der Waals surface area (Å²) in [5, 5.41) is 0. The predicted molar refractivity (Wildman–Crippen MR) is 69.2 cm³/mol. The minimum absolute atomic E-state index is 0.0672. The van der Waals surface area contributed by atoms with E-state index in [0.29, 0.717) is 17.7 Å². The van der Waals surface area contributed by atoms with Crippen molar-refractivity contribution in [2.75, 3.05) is 7.11 Å². The molecule has 0 atom stereocenters. The van der Waals surface area contributed by atoms with Gasteiger partial charge in [-0.05, 0) is 37.6 Å². The summed E-state index contributed by atoms with van der Waals surface area (Å²) < 4.78 is 10.5. The van der Waals surface area contributed by atoms with Crippen LogP contribution in [0.1, 0.15) is 27.4 Å². The van der Waals surface area contributed by atoms with Crippen molar-refractivity contribution < 1.29 is 13.9 Å². The van der Waals surface area contributed by atoms with E-state index in [1.807, 2.05) is 38.1 Å². The van der Waals surface area contributed by atoms with Crippen LogP contribution in [0.15, 0.2) is 34.7 Å². The normalized spacial score (nSPS) is 10.4. The second kappa shape index (κ2) is 5.08. The van der Waals surface area contributed by atoms with Crippen molar-refractivity contribution in [3.05, 3.63) is 53.0 Å². The molecule has 3 heteroatoms. The zero-order valence-corrected chi connectivity index (χ0v) is 10.8. The van der Waals surface area contributed by atoms with Gasteiger partial charge in [-0.25, -0.2) is 0 Å². The zero-order chi connectivity index (χ0) is 13.1. The highest BCUT2D eigenvalue weighted by atomic mass is 16.5. The number of hydrogen-bond donors (Lipinski definition) is 0. The maximum atomic E-state index is 12.1. The number of carbonyl (C=O) groups is 1. The lowest BCUT2D eigenvalue weighted by Gasteiger charge is -2.03. The van der Waals surface area contributed by atoms with Crippen molar-refractivity contribution >= 4 is 5.78 Å². The monoisotopic (exact) mass is 244 g/mol. The average molecular weight is 244 g/mol. The van der Waals surface area contributed by atoms with Crippen LogP contribution in [0, 0.1) is 13.8 Å². The number of furan rings is 1. The second-order valence-electron chi connectivity index (χ2n) is 4.28. The van der Waals surface area contributed by atoms with Gasteiger partial charge < -0.3 is 9.15 Å². The molecule has 0 radical (unpaired) electrons. The number of Topliss-reactive ketones (excluding diaryl/α,β-unsaturated/α-hetero) is 1. The van der Waals surface area contributed by atoms with Crippen LogP contribution in [0.2, 0.25) is 0 Å². The standard InChI is InChI=1S/C15H16O3/c1-10-7-14(11(2)18-10)15(16)9-12-5-4-6-13(8-12)17-3/h4-8H,9H2,1-3H3. The van der Waals surface area contributed by atoms with Crippen molar-refractivity contribution in [1.82, 2.24) is 0 Å². The summed E-state index contributed by atoms with van der Waals surface area (Å²) >= 11 is 0. The van der Waals surface area contributed by atoms with Gasteiger partial charge in [-0.2, -0.15) is 0 Å². The van der Waals surface area contributed by atoms with Crippen molar-refractivity contribution in [2.24, 2.45) is 0 Å². The molecule has 0 saturated heterocycles. The van der Waals surface area contributed by atoms with Gasteiger partial charge in [0.2, 0.25) is 0 Å². The predicted octanol–water partition coefficient (Wildman–Crippen LogP) is 3.33. The highest BCUT2D eigenvalue weighted by molar-refractivity contribution is 5.98. The number of methoxy groups -OCH3 is 1. The summed E-state index contributed by atoms with van der Waals surface area (Å²) in [5.41, 5.74) is 1.60. The third-order valence-corrected chi connectivity index (χ3v) is 2.84. The summed E-state index contributed by atoms with van der Waals surface area (Å²) in [6.07, 6.45) is 0.358. The first-order valence-corrected chi connectivity index (χ1v) is 5.83. The minimum Gasteiger partial charge on any atom is -0.497 e. The summed E-state index contributed by atoms with van der Waals surface area (Å²) in [7, 11) is 1.62. The molecule has 0 saturated carbocycles. The number of ether oxygens (including phenoxy) is 1. The molecule has 0 aliphatic heterocycles. The molecule has 0 aliphatic rings. The van der Waals surface area contributed by atoms with E-state index in [0.717, 1.165) is 17.1 Å². The molecule has 0 amide bonds. The van der Waals surface area contributed by atoms with E-state index in [9.17, 15) is 4.79 Å². The van der Waals surface area contributed by atoms with Crippen LogP contribution in [-0.2, 0) is 6.42 Å². The number of aryl methyl sites for hydroxylation is 2. The van der Waals surface area contributed by atoms with Gasteiger partial charge in [-0.1, -0.05) is 12.1 Å². The molecule has 1 aromatic heterocycles. The molecule has 3 nitrogen and oxygen atoms in total. The lowest BCUT2D eigenvalue weighted by molar-refractivity contribution is 0.0991. The molecule has 0 N–H and O–H groups in total. The average Bonchev–Trinajstić information content (AvgIpc) is 2.69. The first-order valence-electron chi connectivity index (χ1n) is 5.83. The summed E-state index contributed by atoms with van der Waals surface area (Å²) in [6, 6.07) is 9.33. The Morgan fingerprint density at radius 3 is 2.67 bits per heavy atom. The Balaban J connectivity index is 2.18. The summed E-state index contributed by atoms with van der Waals surface area (Å²) in [4.78, 5) is 12.1. The van der Waals surface area contributed by atoms with Crippen LogP contribution in [0.4, 0.5) is 0 Å². The van der Waals surface area contributed by atoms with Crippen molar-refractivity contribution in [1.29, 1.82) is 0 Å². The van der Waals surface area contributed by atoms with Gasteiger partial charge in [0.05, 0.1) is 12.7 Å². The Labute approximate surface area is 106 Å². The van der Waals surface area contributed by atoms with Gasteiger partial charge in [-0.15, -0.1) is 0 Å². The third kappa shape index (κ3) is 2.62. The number of rotatable bonds is 4. The van der Waals surface area contributed by atoms with Crippen molar-refractivity contribution in [2.45, 2.75) is 20.3 Å². The highest BCUT2D eigenvalue weighted by Gasteiger charge is 2.14. The zero-order valence-electron chi connectivity index (χ0n) is 10.8. The number of ketones is 1. The fourth-order valence-electron chi connectivity index (χ4n) is 1.97. The first-order chi connectivity index (χ1) is 8.60. The van der Waals surface area contributed by atoms with E-state index in [-0.39, 0.29) is 5.78 Å². The van der Waals surface area contributed by atoms with E-state index in [4.69, 9.17) is 9.15 Å². The van der Waals surface area contributed by atoms with Gasteiger partial charge in [0, 0.05) is 6.42 Å². The smallest absolute Gasteiger partial charge is 0.170 e. The van der Waals surface area contributed by atoms with E-state index < -0.39 is 0 Å². The fraction of sp³-hybridized carbons (Fsp3) is 0.267. The van der Waals surface area contributed by atoms with Gasteiger partial charge in [0.25, 0.3) is 0 Å². The topological polar surface area (TPSA) is 39.4 Å². The van der Waals surface area contributed by atoms with E-state index >= 15 is 0 Å². The second-order valence-corrected chi connectivity index (χ2v) is 4.28. The number of benzene rings is 1. The minimum atomic E-state index is 0.0672. The maximum Gasteiger partial charge on any atom is 0.170 e. The lowest BCUT2D eigenvalue weighted by Crippen LogP contribution is -2.03. The molecule has 1 aromatic carbocycles. The summed E-state index contributed by atoms with van der Waals surface area (Å²) in [5.74, 6) is 2.28. The third-order valence-electron chi connectivity index (χ3n) is 2.84. The summed E-state index contributed by atoms with van der Waals surface area (Å²) in [6.45, 7) is 3.65. The fourth-order valence-corrected chi connectivity index (χ4v) is 1.97. The van der Waals surface area contributed by atoms with Crippen LogP contribution in [-0.4, -0.2) is 12.9 Å². The molecule has 0 fully saturated rings. The molecule has 94 valence electrons. The molecule has 1 heterocycles. The van der Waals surface area contributed by atoms with Crippen LogP contribution in [0.5, 0.6) is 5.75 Å². The van der Waals surface area contributed by atoms with Crippen LogP contribution >= 0.6 is 0 Å². The molecule has 18 heavy (non-hydrogen) atoms. The Bertz CT molecular complexity index is 567. The molecule has 0 unspecified atom stereocenters. The van der Waals surface area contributed by atoms with Crippen molar-refractivity contribution in [3.8, 4) is 5.75 Å². The van der Waals surface area contributed by atoms with E-state index in [1.54, 1.807) is 13.2 Å². The SMILES string of the molecule is COc1cccc(CC(=O)c2cc(C)oc2C)c1. The highest BCUT2D eigenvalue weighted by Crippen LogP contribution is 2.18. The van der Waals surface area contributed by atoms with Crippen LogP contribution < -0.4 is 4.74 Å². The van der Waals surface area contributed by atoms with Gasteiger partial charge in [0.15, 0.2) is 5.78 Å². The Hall–Kier alpha value is -2.03. The molecule has 2 rings (SSSR count). The van der Waals surface area contributed by atoms with E-state index in [1.165, 1.54) is 0 Å². The quantitative estimate of drug-likeness (QED) is 0.774. The lowest BCUT2D eigenvalue weighted by atomic mass is 10.0. The Kier molecular flexibility index (Phi) is 3.51. The Morgan fingerprint density at radius 1 is 1.28 bits per heavy atom.